The van der Waals surface area contributed by atoms with Crippen molar-refractivity contribution in [3.05, 3.63) is 29.8 Å². The van der Waals surface area contributed by atoms with Crippen molar-refractivity contribution in [2.24, 2.45) is 10.7 Å². The summed E-state index contributed by atoms with van der Waals surface area (Å²) < 4.78 is 32.7. The highest BCUT2D eigenvalue weighted by atomic mass is 32.2. The average molecular weight is 369 g/mol. The Labute approximate surface area is 150 Å². The summed E-state index contributed by atoms with van der Waals surface area (Å²) >= 11 is 0. The molecular formula is C17H28N4O3S. The molecule has 2 rings (SSSR count). The van der Waals surface area contributed by atoms with Crippen molar-refractivity contribution in [1.29, 1.82) is 0 Å². The van der Waals surface area contributed by atoms with Crippen LogP contribution >= 0.6 is 0 Å². The maximum atomic E-state index is 12.3. The van der Waals surface area contributed by atoms with Crippen molar-refractivity contribution >= 4 is 16.0 Å². The second-order valence-electron chi connectivity index (χ2n) is 5.98. The fourth-order valence-electron chi connectivity index (χ4n) is 2.69. The fraction of sp³-hybridized carbons (Fsp3) is 0.588. The molecule has 0 aliphatic carbocycles. The van der Waals surface area contributed by atoms with Crippen LogP contribution in [-0.2, 0) is 21.3 Å². The third kappa shape index (κ3) is 5.69. The molecule has 0 aromatic heterocycles. The van der Waals surface area contributed by atoms with Gasteiger partial charge in [0.05, 0.1) is 17.5 Å². The van der Waals surface area contributed by atoms with Crippen LogP contribution in [0.5, 0.6) is 0 Å². The number of rotatable bonds is 8. The SMILES string of the molecule is CCN(CC)C(N)=NCc1ccc(S(=O)(=O)NCC2CCCO2)cc1. The first kappa shape index (κ1) is 19.7. The minimum Gasteiger partial charge on any atom is -0.377 e. The minimum absolute atomic E-state index is 0.0218. The van der Waals surface area contributed by atoms with E-state index in [-0.39, 0.29) is 11.0 Å². The molecule has 7 nitrogen and oxygen atoms in total. The quantitative estimate of drug-likeness (QED) is 0.532. The Hall–Kier alpha value is -1.64. The maximum Gasteiger partial charge on any atom is 0.240 e. The molecule has 0 spiro atoms. The molecule has 1 unspecified atom stereocenters. The van der Waals surface area contributed by atoms with Gasteiger partial charge in [-0.3, -0.25) is 0 Å². The molecule has 1 atom stereocenters. The number of sulfonamides is 1. The lowest BCUT2D eigenvalue weighted by atomic mass is 10.2. The number of hydrogen-bond acceptors (Lipinski definition) is 4. The molecule has 1 fully saturated rings. The van der Waals surface area contributed by atoms with Gasteiger partial charge in [-0.25, -0.2) is 18.1 Å². The molecule has 1 aromatic carbocycles. The number of benzene rings is 1. The first-order valence-corrected chi connectivity index (χ1v) is 10.2. The molecule has 8 heteroatoms. The molecule has 0 saturated carbocycles. The van der Waals surface area contributed by atoms with Crippen LogP contribution in [0.15, 0.2) is 34.2 Å². The Morgan fingerprint density at radius 3 is 2.56 bits per heavy atom. The van der Waals surface area contributed by atoms with E-state index in [2.05, 4.69) is 9.71 Å². The van der Waals surface area contributed by atoms with Crippen molar-refractivity contribution in [2.75, 3.05) is 26.2 Å². The number of nitrogens with one attached hydrogen (secondary N) is 1. The summed E-state index contributed by atoms with van der Waals surface area (Å²) in [5.41, 5.74) is 6.85. The highest BCUT2D eigenvalue weighted by Crippen LogP contribution is 2.14. The van der Waals surface area contributed by atoms with Crippen molar-refractivity contribution in [1.82, 2.24) is 9.62 Å². The minimum atomic E-state index is -3.52. The normalized spacial score (nSPS) is 18.5. The predicted octanol–water partition coefficient (Wildman–Crippen LogP) is 1.30. The van der Waals surface area contributed by atoms with Crippen LogP contribution < -0.4 is 10.5 Å². The van der Waals surface area contributed by atoms with E-state index in [1.165, 1.54) is 0 Å². The third-order valence-corrected chi connectivity index (χ3v) is 5.71. The first-order valence-electron chi connectivity index (χ1n) is 8.71. The van der Waals surface area contributed by atoms with Gasteiger partial charge >= 0.3 is 0 Å². The lowest BCUT2D eigenvalue weighted by Crippen LogP contribution is -2.37. The monoisotopic (exact) mass is 368 g/mol. The molecule has 1 aliphatic heterocycles. The van der Waals surface area contributed by atoms with Crippen LogP contribution in [0, 0.1) is 0 Å². The Balaban J connectivity index is 1.95. The summed E-state index contributed by atoms with van der Waals surface area (Å²) in [7, 11) is -3.52. The lowest BCUT2D eigenvalue weighted by Gasteiger charge is -2.19. The van der Waals surface area contributed by atoms with Crippen LogP contribution in [0.25, 0.3) is 0 Å². The second kappa shape index (κ2) is 9.17. The largest absolute Gasteiger partial charge is 0.377 e. The summed E-state index contributed by atoms with van der Waals surface area (Å²) in [5, 5.41) is 0. The average Bonchev–Trinajstić information content (AvgIpc) is 3.13. The van der Waals surface area contributed by atoms with E-state index in [4.69, 9.17) is 10.5 Å². The Kier molecular flexibility index (Phi) is 7.22. The van der Waals surface area contributed by atoms with Crippen molar-refractivity contribution in [2.45, 2.75) is 44.2 Å². The molecule has 1 saturated heterocycles. The van der Waals surface area contributed by atoms with Gasteiger partial charge in [0.15, 0.2) is 5.96 Å². The molecular weight excluding hydrogens is 340 g/mol. The zero-order chi connectivity index (χ0) is 18.3. The van der Waals surface area contributed by atoms with Crippen LogP contribution in [0.1, 0.15) is 32.3 Å². The zero-order valence-corrected chi connectivity index (χ0v) is 15.8. The summed E-state index contributed by atoms with van der Waals surface area (Å²) in [6.45, 7) is 7.10. The van der Waals surface area contributed by atoms with E-state index in [0.29, 0.717) is 25.7 Å². The van der Waals surface area contributed by atoms with Crippen LogP contribution in [-0.4, -0.2) is 51.6 Å². The molecule has 25 heavy (non-hydrogen) atoms. The topological polar surface area (TPSA) is 97.0 Å². The molecule has 0 radical (unpaired) electrons. The predicted molar refractivity (Wildman–Crippen MR) is 98.9 cm³/mol. The van der Waals surface area contributed by atoms with E-state index >= 15 is 0 Å². The van der Waals surface area contributed by atoms with Crippen molar-refractivity contribution < 1.29 is 13.2 Å². The van der Waals surface area contributed by atoms with Gasteiger partial charge in [-0.1, -0.05) is 12.1 Å². The standard InChI is InChI=1S/C17H28N4O3S/c1-3-21(4-2)17(18)19-12-14-7-9-16(10-8-14)25(22,23)20-13-15-6-5-11-24-15/h7-10,15,20H,3-6,11-13H2,1-2H3,(H2,18,19). The van der Waals surface area contributed by atoms with Crippen molar-refractivity contribution in [3.8, 4) is 0 Å². The number of ether oxygens (including phenoxy) is 1. The van der Waals surface area contributed by atoms with Gasteiger partial charge in [0.2, 0.25) is 10.0 Å². The Morgan fingerprint density at radius 1 is 1.32 bits per heavy atom. The van der Waals surface area contributed by atoms with Gasteiger partial charge in [-0.05, 0) is 44.4 Å². The maximum absolute atomic E-state index is 12.3. The van der Waals surface area contributed by atoms with E-state index in [1.807, 2.05) is 18.7 Å². The second-order valence-corrected chi connectivity index (χ2v) is 7.74. The van der Waals surface area contributed by atoms with Gasteiger partial charge < -0.3 is 15.4 Å². The molecule has 0 amide bonds. The van der Waals surface area contributed by atoms with Crippen molar-refractivity contribution in [3.63, 3.8) is 0 Å². The smallest absolute Gasteiger partial charge is 0.240 e. The Bertz CT molecular complexity index is 664. The van der Waals surface area contributed by atoms with Gasteiger partial charge in [0.1, 0.15) is 0 Å². The summed E-state index contributed by atoms with van der Waals surface area (Å²) in [5.74, 6) is 0.500. The van der Waals surface area contributed by atoms with Gasteiger partial charge in [0.25, 0.3) is 0 Å². The highest BCUT2D eigenvalue weighted by molar-refractivity contribution is 7.89. The number of nitrogens with two attached hydrogens (primary N) is 1. The van der Waals surface area contributed by atoms with E-state index in [1.54, 1.807) is 24.3 Å². The van der Waals surface area contributed by atoms with E-state index in [9.17, 15) is 8.42 Å². The van der Waals surface area contributed by atoms with Crippen LogP contribution in [0.2, 0.25) is 0 Å². The number of guanidine groups is 1. The molecule has 1 aliphatic rings. The summed E-state index contributed by atoms with van der Waals surface area (Å²) in [6.07, 6.45) is 1.86. The molecule has 3 N–H and O–H groups in total. The third-order valence-electron chi connectivity index (χ3n) is 4.27. The van der Waals surface area contributed by atoms with Crippen LogP contribution in [0.3, 0.4) is 0 Å². The number of aliphatic imine (C=N–C) groups is 1. The molecule has 1 heterocycles. The summed E-state index contributed by atoms with van der Waals surface area (Å²) in [4.78, 5) is 6.57. The van der Waals surface area contributed by atoms with Gasteiger partial charge in [-0.2, -0.15) is 0 Å². The number of hydrogen-bond donors (Lipinski definition) is 2. The fourth-order valence-corrected chi connectivity index (χ4v) is 3.75. The van der Waals surface area contributed by atoms with Gasteiger partial charge in [0, 0.05) is 26.2 Å². The lowest BCUT2D eigenvalue weighted by molar-refractivity contribution is 0.114. The molecule has 1 aromatic rings. The van der Waals surface area contributed by atoms with Gasteiger partial charge in [-0.15, -0.1) is 0 Å². The highest BCUT2D eigenvalue weighted by Gasteiger charge is 2.20. The zero-order valence-electron chi connectivity index (χ0n) is 14.9. The Morgan fingerprint density at radius 2 is 2.00 bits per heavy atom. The first-order chi connectivity index (χ1) is 12.0. The van der Waals surface area contributed by atoms with Crippen LogP contribution in [0.4, 0.5) is 0 Å². The summed E-state index contributed by atoms with van der Waals surface area (Å²) in [6, 6.07) is 6.71. The number of nitrogens with zero attached hydrogens (tertiary/aromatic N) is 2. The molecule has 0 bridgehead atoms. The van der Waals surface area contributed by atoms with E-state index in [0.717, 1.165) is 31.5 Å². The van der Waals surface area contributed by atoms with E-state index < -0.39 is 10.0 Å². The molecule has 140 valence electrons.